The van der Waals surface area contributed by atoms with Crippen LogP contribution in [0.5, 0.6) is 5.75 Å². The molecule has 2 aromatic rings. The van der Waals surface area contributed by atoms with Crippen LogP contribution in [0, 0.1) is 13.8 Å². The van der Waals surface area contributed by atoms with Crippen LogP contribution in [0.1, 0.15) is 17.5 Å². The van der Waals surface area contributed by atoms with Gasteiger partial charge in [0.1, 0.15) is 5.75 Å². The van der Waals surface area contributed by atoms with E-state index in [2.05, 4.69) is 26.0 Å². The standard InChI is InChI=1S/C17H20ClNOS/c1-12-4-5-14(10-13(12)2)20-8-3-9-21-15-6-7-17(19)16(18)11-15/h4-7,10-11H,3,8-9,19H2,1-2H3. The molecule has 0 amide bonds. The molecule has 0 unspecified atom stereocenters. The van der Waals surface area contributed by atoms with E-state index in [0.717, 1.165) is 29.4 Å². The fraction of sp³-hybridized carbons (Fsp3) is 0.294. The second-order valence-corrected chi connectivity index (χ2v) is 6.56. The maximum Gasteiger partial charge on any atom is 0.119 e. The van der Waals surface area contributed by atoms with E-state index >= 15 is 0 Å². The lowest BCUT2D eigenvalue weighted by Gasteiger charge is -2.08. The monoisotopic (exact) mass is 321 g/mol. The number of thioether (sulfide) groups is 1. The zero-order chi connectivity index (χ0) is 15.2. The predicted molar refractivity (Wildman–Crippen MR) is 92.6 cm³/mol. The van der Waals surface area contributed by atoms with Gasteiger partial charge in [0.15, 0.2) is 0 Å². The molecule has 0 aliphatic heterocycles. The molecule has 0 radical (unpaired) electrons. The van der Waals surface area contributed by atoms with Gasteiger partial charge < -0.3 is 10.5 Å². The van der Waals surface area contributed by atoms with Crippen molar-refractivity contribution >= 4 is 29.1 Å². The molecular formula is C17H20ClNOS. The quantitative estimate of drug-likeness (QED) is 0.456. The first-order valence-electron chi connectivity index (χ1n) is 6.94. The van der Waals surface area contributed by atoms with Gasteiger partial charge in [-0.15, -0.1) is 11.8 Å². The second-order valence-electron chi connectivity index (χ2n) is 4.98. The van der Waals surface area contributed by atoms with Crippen molar-refractivity contribution in [3.8, 4) is 5.75 Å². The largest absolute Gasteiger partial charge is 0.494 e. The average molecular weight is 322 g/mol. The highest BCUT2D eigenvalue weighted by atomic mass is 35.5. The predicted octanol–water partition coefficient (Wildman–Crippen LogP) is 5.10. The van der Waals surface area contributed by atoms with Crippen molar-refractivity contribution in [2.24, 2.45) is 0 Å². The highest BCUT2D eigenvalue weighted by molar-refractivity contribution is 7.99. The van der Waals surface area contributed by atoms with Crippen molar-refractivity contribution in [3.63, 3.8) is 0 Å². The number of benzene rings is 2. The normalized spacial score (nSPS) is 10.6. The number of anilines is 1. The van der Waals surface area contributed by atoms with Gasteiger partial charge in [0.2, 0.25) is 0 Å². The molecule has 2 nitrogen and oxygen atoms in total. The SMILES string of the molecule is Cc1ccc(OCCCSc2ccc(N)c(Cl)c2)cc1C. The Morgan fingerprint density at radius 1 is 1.10 bits per heavy atom. The van der Waals surface area contributed by atoms with Crippen molar-refractivity contribution in [1.29, 1.82) is 0 Å². The third-order valence-electron chi connectivity index (χ3n) is 3.28. The Morgan fingerprint density at radius 2 is 1.90 bits per heavy atom. The summed E-state index contributed by atoms with van der Waals surface area (Å²) in [6, 6.07) is 11.9. The number of aryl methyl sites for hydroxylation is 2. The average Bonchev–Trinajstić information content (AvgIpc) is 2.46. The summed E-state index contributed by atoms with van der Waals surface area (Å²) in [5.74, 6) is 1.93. The minimum atomic E-state index is 0.617. The molecule has 0 saturated carbocycles. The lowest BCUT2D eigenvalue weighted by Crippen LogP contribution is -1.99. The molecule has 0 fully saturated rings. The summed E-state index contributed by atoms with van der Waals surface area (Å²) >= 11 is 7.76. The van der Waals surface area contributed by atoms with Gasteiger partial charge in [-0.1, -0.05) is 17.7 Å². The summed E-state index contributed by atoms with van der Waals surface area (Å²) in [4.78, 5) is 1.14. The Morgan fingerprint density at radius 3 is 2.62 bits per heavy atom. The van der Waals surface area contributed by atoms with Crippen LogP contribution in [0.15, 0.2) is 41.3 Å². The number of rotatable bonds is 6. The van der Waals surface area contributed by atoms with Crippen LogP contribution in [-0.4, -0.2) is 12.4 Å². The second kappa shape index (κ2) is 7.62. The van der Waals surface area contributed by atoms with Crippen molar-refractivity contribution in [2.75, 3.05) is 18.1 Å². The van der Waals surface area contributed by atoms with E-state index in [1.807, 2.05) is 24.3 Å². The molecule has 0 heterocycles. The number of hydrogen-bond donors (Lipinski definition) is 1. The van der Waals surface area contributed by atoms with E-state index < -0.39 is 0 Å². The Bertz CT molecular complexity index is 562. The number of ether oxygens (including phenoxy) is 1. The van der Waals surface area contributed by atoms with Gasteiger partial charge in [-0.2, -0.15) is 0 Å². The van der Waals surface area contributed by atoms with Crippen LogP contribution < -0.4 is 10.5 Å². The highest BCUT2D eigenvalue weighted by Crippen LogP contribution is 2.26. The first kappa shape index (κ1) is 16.1. The molecule has 2 N–H and O–H groups in total. The maximum atomic E-state index is 6.00. The third kappa shape index (κ3) is 4.87. The third-order valence-corrected chi connectivity index (χ3v) is 4.68. The van der Waals surface area contributed by atoms with E-state index in [-0.39, 0.29) is 0 Å². The lowest BCUT2D eigenvalue weighted by molar-refractivity contribution is 0.318. The van der Waals surface area contributed by atoms with E-state index in [9.17, 15) is 0 Å². The van der Waals surface area contributed by atoms with Crippen LogP contribution in [0.4, 0.5) is 5.69 Å². The fourth-order valence-corrected chi connectivity index (χ4v) is 2.95. The highest BCUT2D eigenvalue weighted by Gasteiger charge is 2.00. The van der Waals surface area contributed by atoms with Crippen LogP contribution in [0.2, 0.25) is 5.02 Å². The van der Waals surface area contributed by atoms with Gasteiger partial charge in [-0.3, -0.25) is 0 Å². The summed E-state index contributed by atoms with van der Waals surface area (Å²) in [7, 11) is 0. The Balaban J connectivity index is 1.72. The molecule has 0 atom stereocenters. The molecule has 0 saturated heterocycles. The number of nitrogens with two attached hydrogens (primary N) is 1. The summed E-state index contributed by atoms with van der Waals surface area (Å²) in [5, 5.41) is 0.617. The number of nitrogen functional groups attached to an aromatic ring is 1. The first-order chi connectivity index (χ1) is 10.1. The Hall–Kier alpha value is -1.32. The number of halogens is 1. The molecular weight excluding hydrogens is 302 g/mol. The molecule has 0 aliphatic carbocycles. The van der Waals surface area contributed by atoms with Crippen LogP contribution >= 0.6 is 23.4 Å². The Kier molecular flexibility index (Phi) is 5.83. The molecule has 112 valence electrons. The van der Waals surface area contributed by atoms with Crippen LogP contribution in [-0.2, 0) is 0 Å². The van der Waals surface area contributed by atoms with Crippen molar-refractivity contribution in [3.05, 3.63) is 52.5 Å². The maximum absolute atomic E-state index is 6.00. The van der Waals surface area contributed by atoms with Crippen LogP contribution in [0.25, 0.3) is 0 Å². The van der Waals surface area contributed by atoms with E-state index in [1.165, 1.54) is 11.1 Å². The van der Waals surface area contributed by atoms with Crippen molar-refractivity contribution in [2.45, 2.75) is 25.2 Å². The van der Waals surface area contributed by atoms with Crippen LogP contribution in [0.3, 0.4) is 0 Å². The molecule has 0 aliphatic rings. The molecule has 0 aromatic heterocycles. The smallest absolute Gasteiger partial charge is 0.119 e. The van der Waals surface area contributed by atoms with Gasteiger partial charge >= 0.3 is 0 Å². The van der Waals surface area contributed by atoms with E-state index in [4.69, 9.17) is 22.1 Å². The fourth-order valence-electron chi connectivity index (χ4n) is 1.84. The van der Waals surface area contributed by atoms with E-state index in [0.29, 0.717) is 10.7 Å². The summed E-state index contributed by atoms with van der Waals surface area (Å²) in [6.45, 7) is 4.93. The molecule has 2 rings (SSSR count). The zero-order valence-corrected chi connectivity index (χ0v) is 13.9. The molecule has 0 spiro atoms. The van der Waals surface area contributed by atoms with Gasteiger partial charge in [0.25, 0.3) is 0 Å². The zero-order valence-electron chi connectivity index (χ0n) is 12.4. The molecule has 0 bridgehead atoms. The van der Waals surface area contributed by atoms with Gasteiger partial charge in [-0.25, -0.2) is 0 Å². The minimum absolute atomic E-state index is 0.617. The summed E-state index contributed by atoms with van der Waals surface area (Å²) in [5.41, 5.74) is 8.87. The molecule has 4 heteroatoms. The number of hydrogen-bond acceptors (Lipinski definition) is 3. The first-order valence-corrected chi connectivity index (χ1v) is 8.30. The summed E-state index contributed by atoms with van der Waals surface area (Å²) in [6.07, 6.45) is 0.986. The molecule has 2 aromatic carbocycles. The summed E-state index contributed by atoms with van der Waals surface area (Å²) < 4.78 is 5.76. The molecule has 21 heavy (non-hydrogen) atoms. The van der Waals surface area contributed by atoms with E-state index in [1.54, 1.807) is 11.8 Å². The lowest BCUT2D eigenvalue weighted by atomic mass is 10.1. The Labute approximate surface area is 135 Å². The minimum Gasteiger partial charge on any atom is -0.494 e. The van der Waals surface area contributed by atoms with Crippen molar-refractivity contribution in [1.82, 2.24) is 0 Å². The van der Waals surface area contributed by atoms with Gasteiger partial charge in [0.05, 0.1) is 17.3 Å². The van der Waals surface area contributed by atoms with Crippen molar-refractivity contribution < 1.29 is 4.74 Å². The van der Waals surface area contributed by atoms with Gasteiger partial charge in [0, 0.05) is 10.6 Å². The van der Waals surface area contributed by atoms with Gasteiger partial charge in [-0.05, 0) is 61.7 Å². The topological polar surface area (TPSA) is 35.2 Å².